The van der Waals surface area contributed by atoms with Crippen molar-refractivity contribution >= 4 is 28.3 Å². The van der Waals surface area contributed by atoms with E-state index in [0.29, 0.717) is 17.8 Å². The summed E-state index contributed by atoms with van der Waals surface area (Å²) in [6.07, 6.45) is -0.928. The van der Waals surface area contributed by atoms with E-state index in [-0.39, 0.29) is 12.4 Å². The summed E-state index contributed by atoms with van der Waals surface area (Å²) in [5.41, 5.74) is 6.64. The van der Waals surface area contributed by atoms with Crippen LogP contribution in [0.5, 0.6) is 0 Å². The maximum atomic E-state index is 10.4. The van der Waals surface area contributed by atoms with Gasteiger partial charge < -0.3 is 25.4 Å². The summed E-state index contributed by atoms with van der Waals surface area (Å²) in [7, 11) is 0. The molecule has 3 aromatic heterocycles. The molecule has 0 unspecified atom stereocenters. The van der Waals surface area contributed by atoms with Crippen LogP contribution in [0.15, 0.2) is 24.8 Å². The van der Waals surface area contributed by atoms with E-state index in [0.717, 1.165) is 4.88 Å². The Hall–Kier alpha value is -2.11. The zero-order valence-electron chi connectivity index (χ0n) is 14.0. The number of thiophene rings is 1. The van der Waals surface area contributed by atoms with Crippen molar-refractivity contribution in [1.29, 1.82) is 0 Å². The third-order valence-electron chi connectivity index (χ3n) is 4.32. The van der Waals surface area contributed by atoms with Gasteiger partial charge in [0.1, 0.15) is 30.2 Å². The lowest BCUT2D eigenvalue weighted by molar-refractivity contribution is -0.0679. The van der Waals surface area contributed by atoms with Crippen molar-refractivity contribution in [2.45, 2.75) is 38.1 Å². The average molecular weight is 377 g/mol. The van der Waals surface area contributed by atoms with Gasteiger partial charge in [0, 0.05) is 9.75 Å². The van der Waals surface area contributed by atoms with Gasteiger partial charge in [0.15, 0.2) is 17.7 Å². The van der Waals surface area contributed by atoms with Crippen LogP contribution in [-0.2, 0) is 16.1 Å². The Bertz CT molecular complexity index is 913. The fourth-order valence-corrected chi connectivity index (χ4v) is 3.82. The number of rotatable bonds is 5. The van der Waals surface area contributed by atoms with Gasteiger partial charge in [0.05, 0.1) is 19.5 Å². The number of aryl methyl sites for hydroxylation is 1. The van der Waals surface area contributed by atoms with Gasteiger partial charge >= 0.3 is 0 Å². The number of anilines is 1. The van der Waals surface area contributed by atoms with Crippen LogP contribution in [-0.4, -0.2) is 54.7 Å². The Labute approximate surface area is 153 Å². The van der Waals surface area contributed by atoms with Gasteiger partial charge in [-0.2, -0.15) is 0 Å². The molecule has 1 aliphatic rings. The van der Waals surface area contributed by atoms with E-state index in [1.807, 2.05) is 19.1 Å². The fourth-order valence-electron chi connectivity index (χ4n) is 2.99. The maximum absolute atomic E-state index is 10.4. The molecule has 0 aromatic carbocycles. The van der Waals surface area contributed by atoms with E-state index in [4.69, 9.17) is 15.2 Å². The van der Waals surface area contributed by atoms with Crippen molar-refractivity contribution in [1.82, 2.24) is 19.5 Å². The minimum Gasteiger partial charge on any atom is -0.387 e. The number of aromatic nitrogens is 4. The van der Waals surface area contributed by atoms with Crippen molar-refractivity contribution in [2.75, 3.05) is 12.3 Å². The Balaban J connectivity index is 1.46. The molecule has 1 saturated heterocycles. The van der Waals surface area contributed by atoms with Crippen LogP contribution in [0.1, 0.15) is 16.0 Å². The van der Waals surface area contributed by atoms with Gasteiger partial charge in [0.2, 0.25) is 0 Å². The summed E-state index contributed by atoms with van der Waals surface area (Å²) in [4.78, 5) is 14.5. The number of aliphatic hydroxyl groups excluding tert-OH is 2. The molecule has 0 amide bonds. The SMILES string of the molecule is Cc1ccc(COC[C@H]2O[C@@H](n3cnc4c(N)ncnc43)[C@H](O)[C@@H]2O)s1. The predicted molar refractivity (Wildman–Crippen MR) is 94.4 cm³/mol. The van der Waals surface area contributed by atoms with Crippen molar-refractivity contribution in [2.24, 2.45) is 0 Å². The zero-order chi connectivity index (χ0) is 18.3. The number of hydrogen-bond acceptors (Lipinski definition) is 9. The summed E-state index contributed by atoms with van der Waals surface area (Å²) in [5, 5.41) is 20.7. The Morgan fingerprint density at radius 1 is 1.27 bits per heavy atom. The molecule has 0 radical (unpaired) electrons. The lowest BCUT2D eigenvalue weighted by Crippen LogP contribution is -2.33. The first kappa shape index (κ1) is 17.3. The molecule has 0 bridgehead atoms. The molecular formula is C16H19N5O4S. The van der Waals surface area contributed by atoms with Gasteiger partial charge in [-0.1, -0.05) is 0 Å². The van der Waals surface area contributed by atoms with Crippen LogP contribution in [0.25, 0.3) is 11.2 Å². The second-order valence-electron chi connectivity index (χ2n) is 6.16. The van der Waals surface area contributed by atoms with Crippen molar-refractivity contribution in [3.63, 3.8) is 0 Å². The quantitative estimate of drug-likeness (QED) is 0.590. The summed E-state index contributed by atoms with van der Waals surface area (Å²) in [5.74, 6) is 0.243. The second-order valence-corrected chi connectivity index (χ2v) is 7.53. The van der Waals surface area contributed by atoms with Gasteiger partial charge in [0.25, 0.3) is 0 Å². The first-order chi connectivity index (χ1) is 12.5. The molecule has 0 saturated carbocycles. The molecule has 10 heteroatoms. The highest BCUT2D eigenvalue weighted by Crippen LogP contribution is 2.32. The summed E-state index contributed by atoms with van der Waals surface area (Å²) in [6, 6.07) is 4.03. The van der Waals surface area contributed by atoms with Gasteiger partial charge in [-0.05, 0) is 19.1 Å². The highest BCUT2D eigenvalue weighted by molar-refractivity contribution is 7.11. The molecule has 4 heterocycles. The van der Waals surface area contributed by atoms with Gasteiger partial charge in [-0.15, -0.1) is 11.3 Å². The fraction of sp³-hybridized carbons (Fsp3) is 0.438. The molecule has 138 valence electrons. The highest BCUT2D eigenvalue weighted by atomic mass is 32.1. The molecule has 1 fully saturated rings. The predicted octanol–water partition coefficient (Wildman–Crippen LogP) is 0.614. The first-order valence-electron chi connectivity index (χ1n) is 8.12. The van der Waals surface area contributed by atoms with E-state index < -0.39 is 24.5 Å². The van der Waals surface area contributed by atoms with E-state index >= 15 is 0 Å². The number of nitrogens with two attached hydrogens (primary N) is 1. The number of nitrogen functional groups attached to an aromatic ring is 1. The number of aliphatic hydroxyl groups is 2. The largest absolute Gasteiger partial charge is 0.387 e. The van der Waals surface area contributed by atoms with Crippen LogP contribution >= 0.6 is 11.3 Å². The van der Waals surface area contributed by atoms with Gasteiger partial charge in [-0.25, -0.2) is 15.0 Å². The average Bonchev–Trinajstić information content (AvgIpc) is 3.30. The normalized spacial score (nSPS) is 26.0. The summed E-state index contributed by atoms with van der Waals surface area (Å²) in [6.45, 7) is 2.63. The lowest BCUT2D eigenvalue weighted by atomic mass is 10.1. The van der Waals surface area contributed by atoms with Crippen LogP contribution in [0.4, 0.5) is 5.82 Å². The monoisotopic (exact) mass is 377 g/mol. The van der Waals surface area contributed by atoms with Gasteiger partial charge in [-0.3, -0.25) is 4.57 Å². The number of imidazole rings is 1. The molecule has 26 heavy (non-hydrogen) atoms. The Morgan fingerprint density at radius 2 is 2.12 bits per heavy atom. The molecule has 4 rings (SSSR count). The van der Waals surface area contributed by atoms with E-state index in [9.17, 15) is 10.2 Å². The number of nitrogens with zero attached hydrogens (tertiary/aromatic N) is 4. The van der Waals surface area contributed by atoms with Crippen LogP contribution in [0.3, 0.4) is 0 Å². The smallest absolute Gasteiger partial charge is 0.167 e. The second kappa shape index (κ2) is 6.89. The molecule has 4 atom stereocenters. The molecule has 1 aliphatic heterocycles. The summed E-state index contributed by atoms with van der Waals surface area (Å²) < 4.78 is 13.0. The number of hydrogen-bond donors (Lipinski definition) is 3. The standard InChI is InChI=1S/C16H19N5O4S/c1-8-2-3-9(26-8)4-24-5-10-12(22)13(23)16(25-10)21-7-20-11-14(17)18-6-19-15(11)21/h2-3,6-7,10,12-13,16,22-23H,4-5H2,1H3,(H2,17,18,19)/t10-,12-,13-,16-/m1/s1. The molecule has 0 aliphatic carbocycles. The molecule has 3 aromatic rings. The van der Waals surface area contributed by atoms with E-state index in [1.165, 1.54) is 17.5 Å². The van der Waals surface area contributed by atoms with E-state index in [2.05, 4.69) is 15.0 Å². The number of fused-ring (bicyclic) bond motifs is 1. The van der Waals surface area contributed by atoms with E-state index in [1.54, 1.807) is 15.9 Å². The Morgan fingerprint density at radius 3 is 2.88 bits per heavy atom. The van der Waals surface area contributed by atoms with Crippen LogP contribution in [0, 0.1) is 6.92 Å². The zero-order valence-corrected chi connectivity index (χ0v) is 14.8. The van der Waals surface area contributed by atoms with Crippen LogP contribution < -0.4 is 5.73 Å². The third-order valence-corrected chi connectivity index (χ3v) is 5.30. The number of ether oxygens (including phenoxy) is 2. The molecular weight excluding hydrogens is 358 g/mol. The lowest BCUT2D eigenvalue weighted by Gasteiger charge is -2.16. The Kier molecular flexibility index (Phi) is 4.59. The molecule has 9 nitrogen and oxygen atoms in total. The molecule has 4 N–H and O–H groups in total. The topological polar surface area (TPSA) is 129 Å². The minimum absolute atomic E-state index is 0.162. The molecule has 0 spiro atoms. The minimum atomic E-state index is -1.14. The highest BCUT2D eigenvalue weighted by Gasteiger charge is 2.44. The third kappa shape index (κ3) is 3.06. The first-order valence-corrected chi connectivity index (χ1v) is 8.94. The van der Waals surface area contributed by atoms with Crippen molar-refractivity contribution in [3.05, 3.63) is 34.5 Å². The maximum Gasteiger partial charge on any atom is 0.167 e. The van der Waals surface area contributed by atoms with Crippen molar-refractivity contribution < 1.29 is 19.7 Å². The van der Waals surface area contributed by atoms with Crippen LogP contribution in [0.2, 0.25) is 0 Å². The van der Waals surface area contributed by atoms with Crippen molar-refractivity contribution in [3.8, 4) is 0 Å². The summed E-state index contributed by atoms with van der Waals surface area (Å²) >= 11 is 1.66.